The molecule has 0 aromatic heterocycles. The molecule has 31 heavy (non-hydrogen) atoms. The average Bonchev–Trinajstić information content (AvgIpc) is 2.91. The summed E-state index contributed by atoms with van der Waals surface area (Å²) in [4.78, 5) is 0. The van der Waals surface area contributed by atoms with Gasteiger partial charge in [-0.25, -0.2) is 0 Å². The lowest BCUT2D eigenvalue weighted by Gasteiger charge is -1.69. The zero-order valence-electron chi connectivity index (χ0n) is 17.8. The third-order valence-electron chi connectivity index (χ3n) is 3.33. The summed E-state index contributed by atoms with van der Waals surface area (Å²) in [6.45, 7) is 0. The van der Waals surface area contributed by atoms with E-state index < -0.39 is 0 Å². The van der Waals surface area contributed by atoms with Crippen molar-refractivity contribution in [3.8, 4) is 0 Å². The van der Waals surface area contributed by atoms with Gasteiger partial charge in [0.05, 0.1) is 0 Å². The largest absolute Gasteiger partial charge is 0.412 e. The third kappa shape index (κ3) is 22.2. The monoisotopic (exact) mass is 408 g/mol. The van der Waals surface area contributed by atoms with Crippen molar-refractivity contribution >= 4 is 0 Å². The van der Waals surface area contributed by atoms with Crippen LogP contribution in [0.3, 0.4) is 0 Å². The molecule has 5 rings (SSSR count). The van der Waals surface area contributed by atoms with E-state index in [1.165, 1.54) is 0 Å². The Morgan fingerprint density at radius 2 is 0.129 bits per heavy atom. The van der Waals surface area contributed by atoms with E-state index in [2.05, 4.69) is 0 Å². The van der Waals surface area contributed by atoms with E-state index in [1.54, 1.807) is 0 Å². The van der Waals surface area contributed by atoms with Gasteiger partial charge in [0.1, 0.15) is 0 Å². The molecule has 5 aromatic rings. The molecule has 0 heterocycles. The highest BCUT2D eigenvalue weighted by Crippen LogP contribution is 1.82. The Kier molecular flexibility index (Phi) is 21.0. The molecular formula is C30H32O. The van der Waals surface area contributed by atoms with Gasteiger partial charge in [0.25, 0.3) is 0 Å². The van der Waals surface area contributed by atoms with Crippen LogP contribution in [0.25, 0.3) is 0 Å². The van der Waals surface area contributed by atoms with Gasteiger partial charge in [-0.3, -0.25) is 0 Å². The third-order valence-corrected chi connectivity index (χ3v) is 3.33. The Morgan fingerprint density at radius 3 is 0.161 bits per heavy atom. The first-order chi connectivity index (χ1) is 15.0. The van der Waals surface area contributed by atoms with E-state index in [1.807, 2.05) is 182 Å². The first-order valence-electron chi connectivity index (χ1n) is 10.0. The molecule has 1 nitrogen and oxygen atoms in total. The minimum Gasteiger partial charge on any atom is -0.412 e. The molecule has 5 aromatic carbocycles. The molecule has 0 atom stereocenters. The Balaban J connectivity index is 0.000000360. The normalized spacial score (nSPS) is 7.74. The number of hydrogen-bond acceptors (Lipinski definition) is 0. The van der Waals surface area contributed by atoms with Crippen LogP contribution in [0.4, 0.5) is 0 Å². The molecule has 0 aliphatic rings. The van der Waals surface area contributed by atoms with Crippen molar-refractivity contribution in [1.82, 2.24) is 0 Å². The number of hydrogen-bond donors (Lipinski definition) is 0. The minimum atomic E-state index is 0. The summed E-state index contributed by atoms with van der Waals surface area (Å²) >= 11 is 0. The summed E-state index contributed by atoms with van der Waals surface area (Å²) in [5.41, 5.74) is 0. The standard InChI is InChI=1S/5C6H6.H2O/c5*1-2-4-6-5-3-1;/h5*1-6H;1H2. The van der Waals surface area contributed by atoms with Gasteiger partial charge in [0.15, 0.2) is 0 Å². The molecule has 0 unspecified atom stereocenters. The molecule has 0 spiro atoms. The topological polar surface area (TPSA) is 31.5 Å². The number of benzene rings is 5. The highest BCUT2D eigenvalue weighted by atomic mass is 16.0. The van der Waals surface area contributed by atoms with Gasteiger partial charge >= 0.3 is 0 Å². The van der Waals surface area contributed by atoms with E-state index in [4.69, 9.17) is 0 Å². The van der Waals surface area contributed by atoms with Crippen molar-refractivity contribution in [2.45, 2.75) is 0 Å². The molecule has 0 radical (unpaired) electrons. The first-order valence-corrected chi connectivity index (χ1v) is 10.0. The zero-order valence-corrected chi connectivity index (χ0v) is 17.8. The predicted molar refractivity (Wildman–Crippen MR) is 136 cm³/mol. The molecule has 1 heteroatoms. The summed E-state index contributed by atoms with van der Waals surface area (Å²) in [7, 11) is 0. The second kappa shape index (κ2) is 24.1. The fourth-order valence-electron chi connectivity index (χ4n) is 1.92. The highest BCUT2D eigenvalue weighted by molar-refractivity contribution is 5.01. The molecule has 0 saturated carbocycles. The minimum absolute atomic E-state index is 0. The van der Waals surface area contributed by atoms with Crippen LogP contribution in [0.1, 0.15) is 0 Å². The van der Waals surface area contributed by atoms with Crippen LogP contribution in [0, 0.1) is 0 Å². The molecule has 0 bridgehead atoms. The van der Waals surface area contributed by atoms with E-state index >= 15 is 0 Å². The smallest absolute Gasteiger partial charge is 0.0623 e. The molecule has 0 saturated heterocycles. The maximum absolute atomic E-state index is 2.00. The van der Waals surface area contributed by atoms with Gasteiger partial charge < -0.3 is 5.48 Å². The van der Waals surface area contributed by atoms with Crippen molar-refractivity contribution in [3.05, 3.63) is 182 Å². The van der Waals surface area contributed by atoms with E-state index in [9.17, 15) is 0 Å². The number of rotatable bonds is 0. The van der Waals surface area contributed by atoms with Crippen molar-refractivity contribution in [1.29, 1.82) is 0 Å². The molecule has 0 amide bonds. The summed E-state index contributed by atoms with van der Waals surface area (Å²) < 4.78 is 0. The van der Waals surface area contributed by atoms with Crippen LogP contribution in [-0.4, -0.2) is 5.48 Å². The van der Waals surface area contributed by atoms with E-state index in [0.29, 0.717) is 0 Å². The van der Waals surface area contributed by atoms with Crippen molar-refractivity contribution < 1.29 is 5.48 Å². The van der Waals surface area contributed by atoms with Crippen molar-refractivity contribution in [3.63, 3.8) is 0 Å². The van der Waals surface area contributed by atoms with Crippen LogP contribution in [-0.2, 0) is 0 Å². The molecule has 0 fully saturated rings. The van der Waals surface area contributed by atoms with Gasteiger partial charge in [-0.05, 0) is 0 Å². The zero-order chi connectivity index (χ0) is 21.2. The van der Waals surface area contributed by atoms with Gasteiger partial charge in [-0.15, -0.1) is 0 Å². The van der Waals surface area contributed by atoms with Gasteiger partial charge in [-0.1, -0.05) is 182 Å². The fourth-order valence-corrected chi connectivity index (χ4v) is 1.92. The van der Waals surface area contributed by atoms with Crippen molar-refractivity contribution in [2.24, 2.45) is 0 Å². The van der Waals surface area contributed by atoms with Crippen LogP contribution in [0.5, 0.6) is 0 Å². The Labute approximate surface area is 187 Å². The fraction of sp³-hybridized carbons (Fsp3) is 0. The van der Waals surface area contributed by atoms with E-state index in [-0.39, 0.29) is 5.48 Å². The second-order valence-electron chi connectivity index (χ2n) is 5.77. The average molecular weight is 409 g/mol. The molecule has 0 aliphatic heterocycles. The molecule has 0 aliphatic carbocycles. The van der Waals surface area contributed by atoms with Crippen LogP contribution in [0.15, 0.2) is 182 Å². The first kappa shape index (κ1) is 27.1. The van der Waals surface area contributed by atoms with Crippen LogP contribution in [0.2, 0.25) is 0 Å². The van der Waals surface area contributed by atoms with Crippen molar-refractivity contribution in [2.75, 3.05) is 0 Å². The maximum Gasteiger partial charge on any atom is -0.0623 e. The van der Waals surface area contributed by atoms with Gasteiger partial charge in [0, 0.05) is 0 Å². The summed E-state index contributed by atoms with van der Waals surface area (Å²) in [5, 5.41) is 0. The quantitative estimate of drug-likeness (QED) is 0.252. The second-order valence-corrected chi connectivity index (χ2v) is 5.77. The maximum atomic E-state index is 2.00. The summed E-state index contributed by atoms with van der Waals surface area (Å²) in [6, 6.07) is 60.0. The summed E-state index contributed by atoms with van der Waals surface area (Å²) in [5.74, 6) is 0. The lowest BCUT2D eigenvalue weighted by molar-refractivity contribution is 0.824. The lowest BCUT2D eigenvalue weighted by atomic mass is 10.4. The van der Waals surface area contributed by atoms with E-state index in [0.717, 1.165) is 0 Å². The van der Waals surface area contributed by atoms with Gasteiger partial charge in [0.2, 0.25) is 0 Å². The van der Waals surface area contributed by atoms with Gasteiger partial charge in [-0.2, -0.15) is 0 Å². The molecule has 2 N–H and O–H groups in total. The predicted octanol–water partition coefficient (Wildman–Crippen LogP) is 7.61. The van der Waals surface area contributed by atoms with Crippen LogP contribution >= 0.6 is 0 Å². The lowest BCUT2D eigenvalue weighted by Crippen LogP contribution is -1.47. The Hall–Kier alpha value is -3.94. The SMILES string of the molecule is O.c1ccccc1.c1ccccc1.c1ccccc1.c1ccccc1.c1ccccc1. The molecule has 158 valence electrons. The highest BCUT2D eigenvalue weighted by Gasteiger charge is 1.60. The summed E-state index contributed by atoms with van der Waals surface area (Å²) in [6.07, 6.45) is 0. The van der Waals surface area contributed by atoms with Crippen LogP contribution < -0.4 is 0 Å². The molecular weight excluding hydrogens is 376 g/mol. The Morgan fingerprint density at radius 1 is 0.0968 bits per heavy atom. The Bertz CT molecular complexity index is 549.